The molecule has 2 saturated heterocycles. The molecule has 2 heterocycles. The molecule has 80 valence electrons. The molecule has 0 aromatic carbocycles. The van der Waals surface area contributed by atoms with Crippen LogP contribution < -0.4 is 5.32 Å². The van der Waals surface area contributed by atoms with Gasteiger partial charge in [-0.3, -0.25) is 0 Å². The van der Waals surface area contributed by atoms with Crippen LogP contribution in [-0.4, -0.2) is 30.6 Å². The molecule has 0 saturated carbocycles. The number of hydrogen-bond donors (Lipinski definition) is 1. The Hall–Kier alpha value is -0.380. The lowest BCUT2D eigenvalue weighted by Crippen LogP contribution is -2.35. The molecule has 0 radical (unpaired) electrons. The lowest BCUT2D eigenvalue weighted by atomic mass is 10.0. The number of hydrogen-bond acceptors (Lipinski definition) is 3. The topological polar surface area (TPSA) is 30.5 Å². The van der Waals surface area contributed by atoms with Gasteiger partial charge >= 0.3 is 0 Å². The van der Waals surface area contributed by atoms with Crippen molar-refractivity contribution in [1.29, 1.82) is 0 Å². The maximum atomic E-state index is 5.86. The van der Waals surface area contributed by atoms with Gasteiger partial charge in [-0.05, 0) is 27.2 Å². The van der Waals surface area contributed by atoms with Crippen LogP contribution in [-0.2, 0) is 9.47 Å². The molecule has 2 aliphatic rings. The lowest BCUT2D eigenvalue weighted by Gasteiger charge is -2.22. The summed E-state index contributed by atoms with van der Waals surface area (Å²) in [5.74, 6) is -0.412. The van der Waals surface area contributed by atoms with Crippen LogP contribution in [0.3, 0.4) is 0 Å². The van der Waals surface area contributed by atoms with Crippen molar-refractivity contribution in [3.8, 4) is 0 Å². The largest absolute Gasteiger partial charge is 0.343 e. The van der Waals surface area contributed by atoms with Gasteiger partial charge in [0.25, 0.3) is 0 Å². The van der Waals surface area contributed by atoms with E-state index < -0.39 is 5.79 Å². The normalized spacial score (nSPS) is 39.8. The summed E-state index contributed by atoms with van der Waals surface area (Å²) in [4.78, 5) is 0. The molecule has 2 fully saturated rings. The molecule has 1 N–H and O–H groups in total. The van der Waals surface area contributed by atoms with E-state index in [0.29, 0.717) is 6.04 Å². The molecular formula is C11H19NO2. The average molecular weight is 197 g/mol. The van der Waals surface area contributed by atoms with Crippen LogP contribution >= 0.6 is 0 Å². The summed E-state index contributed by atoms with van der Waals surface area (Å²) >= 11 is 0. The molecule has 2 rings (SSSR count). The molecule has 0 spiro atoms. The van der Waals surface area contributed by atoms with Gasteiger partial charge in [0.15, 0.2) is 5.79 Å². The number of fused-ring (bicyclic) bond motifs is 1. The summed E-state index contributed by atoms with van der Waals surface area (Å²) in [6, 6.07) is 0.374. The van der Waals surface area contributed by atoms with E-state index in [1.54, 1.807) is 0 Å². The Morgan fingerprint density at radius 2 is 2.21 bits per heavy atom. The van der Waals surface area contributed by atoms with Crippen LogP contribution in [0.4, 0.5) is 0 Å². The van der Waals surface area contributed by atoms with E-state index in [-0.39, 0.29) is 12.2 Å². The quantitative estimate of drug-likeness (QED) is 0.680. The summed E-state index contributed by atoms with van der Waals surface area (Å²) in [6.07, 6.45) is 1.39. The molecule has 3 nitrogen and oxygen atoms in total. The Morgan fingerprint density at radius 3 is 2.86 bits per heavy atom. The second kappa shape index (κ2) is 3.33. The molecule has 3 atom stereocenters. The second-order valence-corrected chi connectivity index (χ2v) is 4.81. The molecule has 3 heteroatoms. The molecule has 1 unspecified atom stereocenters. The van der Waals surface area contributed by atoms with Crippen molar-refractivity contribution in [3.63, 3.8) is 0 Å². The smallest absolute Gasteiger partial charge is 0.163 e. The van der Waals surface area contributed by atoms with E-state index in [1.807, 2.05) is 13.8 Å². The highest BCUT2D eigenvalue weighted by atomic mass is 16.8. The second-order valence-electron chi connectivity index (χ2n) is 4.81. The van der Waals surface area contributed by atoms with Crippen molar-refractivity contribution in [2.24, 2.45) is 0 Å². The van der Waals surface area contributed by atoms with Crippen LogP contribution in [0.15, 0.2) is 12.2 Å². The maximum Gasteiger partial charge on any atom is 0.163 e. The molecule has 0 aliphatic carbocycles. The third-order valence-corrected chi connectivity index (χ3v) is 2.77. The van der Waals surface area contributed by atoms with Crippen molar-refractivity contribution < 1.29 is 9.47 Å². The van der Waals surface area contributed by atoms with Crippen molar-refractivity contribution in [3.05, 3.63) is 12.2 Å². The van der Waals surface area contributed by atoms with Crippen molar-refractivity contribution in [2.45, 2.75) is 51.2 Å². The first-order chi connectivity index (χ1) is 6.48. The first kappa shape index (κ1) is 10.1. The molecule has 2 aliphatic heterocycles. The first-order valence-electron chi connectivity index (χ1n) is 5.21. The Labute approximate surface area is 85.5 Å². The minimum Gasteiger partial charge on any atom is -0.343 e. The molecule has 0 aromatic heterocycles. The van der Waals surface area contributed by atoms with Crippen LogP contribution in [0.1, 0.15) is 27.2 Å². The summed E-state index contributed by atoms with van der Waals surface area (Å²) < 4.78 is 11.6. The van der Waals surface area contributed by atoms with Gasteiger partial charge in [-0.15, -0.1) is 6.58 Å². The van der Waals surface area contributed by atoms with Gasteiger partial charge < -0.3 is 14.8 Å². The van der Waals surface area contributed by atoms with E-state index in [9.17, 15) is 0 Å². The Bertz CT molecular complexity index is 250. The van der Waals surface area contributed by atoms with Gasteiger partial charge in [0.05, 0.1) is 0 Å². The zero-order valence-electron chi connectivity index (χ0n) is 9.17. The van der Waals surface area contributed by atoms with Gasteiger partial charge in [-0.25, -0.2) is 0 Å². The molecule has 0 bridgehead atoms. The van der Waals surface area contributed by atoms with Crippen molar-refractivity contribution >= 4 is 0 Å². The molecular weight excluding hydrogens is 178 g/mol. The Morgan fingerprint density at radius 1 is 1.50 bits per heavy atom. The summed E-state index contributed by atoms with van der Waals surface area (Å²) in [5, 5.41) is 3.42. The van der Waals surface area contributed by atoms with Gasteiger partial charge in [0.1, 0.15) is 12.2 Å². The van der Waals surface area contributed by atoms with Gasteiger partial charge in [0, 0.05) is 12.6 Å². The molecule has 0 aromatic rings. The fraction of sp³-hybridized carbons (Fsp3) is 0.818. The first-order valence-corrected chi connectivity index (χ1v) is 5.21. The minimum absolute atomic E-state index is 0.196. The third-order valence-electron chi connectivity index (χ3n) is 2.77. The highest BCUT2D eigenvalue weighted by Gasteiger charge is 2.48. The van der Waals surface area contributed by atoms with Gasteiger partial charge in [-0.1, -0.05) is 5.57 Å². The van der Waals surface area contributed by atoms with Crippen LogP contribution in [0.25, 0.3) is 0 Å². The van der Waals surface area contributed by atoms with E-state index in [1.165, 1.54) is 5.57 Å². The monoisotopic (exact) mass is 197 g/mol. The number of rotatable bonds is 2. The summed E-state index contributed by atoms with van der Waals surface area (Å²) in [6.45, 7) is 10.8. The van der Waals surface area contributed by atoms with E-state index in [0.717, 1.165) is 13.0 Å². The van der Waals surface area contributed by atoms with E-state index in [4.69, 9.17) is 9.47 Å². The average Bonchev–Trinajstić information content (AvgIpc) is 2.47. The lowest BCUT2D eigenvalue weighted by molar-refractivity contribution is -0.152. The maximum absolute atomic E-state index is 5.86. The standard InChI is InChI=1S/C11H19NO2/c1-7(2)5-8-10-9(6-12-8)13-11(3,4)14-10/h8-10,12H,1,5-6H2,2-4H3/t8?,9-,10+/m1/s1. The van der Waals surface area contributed by atoms with Crippen LogP contribution in [0.5, 0.6) is 0 Å². The predicted molar refractivity (Wildman–Crippen MR) is 55.0 cm³/mol. The van der Waals surface area contributed by atoms with Crippen molar-refractivity contribution in [2.75, 3.05) is 6.54 Å². The summed E-state index contributed by atoms with van der Waals surface area (Å²) in [5.41, 5.74) is 1.19. The highest BCUT2D eigenvalue weighted by molar-refractivity contribution is 5.04. The third kappa shape index (κ3) is 1.85. The van der Waals surface area contributed by atoms with E-state index >= 15 is 0 Å². The molecule has 0 amide bonds. The zero-order valence-corrected chi connectivity index (χ0v) is 9.17. The molecule has 14 heavy (non-hydrogen) atoms. The minimum atomic E-state index is -0.412. The predicted octanol–water partition coefficient (Wildman–Crippen LogP) is 1.44. The fourth-order valence-corrected chi connectivity index (χ4v) is 2.31. The van der Waals surface area contributed by atoms with Crippen molar-refractivity contribution in [1.82, 2.24) is 5.32 Å². The number of nitrogens with one attached hydrogen (secondary N) is 1. The Balaban J connectivity index is 2.01. The van der Waals surface area contributed by atoms with Crippen LogP contribution in [0.2, 0.25) is 0 Å². The fourth-order valence-electron chi connectivity index (χ4n) is 2.31. The van der Waals surface area contributed by atoms with Crippen LogP contribution in [0, 0.1) is 0 Å². The van der Waals surface area contributed by atoms with Gasteiger partial charge in [-0.2, -0.15) is 0 Å². The SMILES string of the molecule is C=C(C)CC1NC[C@H]2OC(C)(C)O[C@@H]12. The highest BCUT2D eigenvalue weighted by Crippen LogP contribution is 2.34. The van der Waals surface area contributed by atoms with E-state index in [2.05, 4.69) is 18.8 Å². The Kier molecular flexibility index (Phi) is 2.41. The summed E-state index contributed by atoms with van der Waals surface area (Å²) in [7, 11) is 0. The van der Waals surface area contributed by atoms with Gasteiger partial charge in [0.2, 0.25) is 0 Å². The zero-order chi connectivity index (χ0) is 10.3. The number of ether oxygens (including phenoxy) is 2.